The van der Waals surface area contributed by atoms with Crippen molar-refractivity contribution in [1.82, 2.24) is 15.1 Å². The van der Waals surface area contributed by atoms with Crippen molar-refractivity contribution in [1.29, 1.82) is 0 Å². The molecule has 5 nitrogen and oxygen atoms in total. The standard InChI is InChI=1S/C17H21BrN4O/c1-17(2,19)10-20-16(23)15-13-7-4-8-14(13)22(21-15)12-6-3-5-11(18)9-12/h3,5-6,9H,4,7-8,10,19H2,1-2H3,(H,20,23). The summed E-state index contributed by atoms with van der Waals surface area (Å²) in [6, 6.07) is 7.96. The van der Waals surface area contributed by atoms with Crippen LogP contribution in [0.1, 0.15) is 42.0 Å². The second-order valence-corrected chi connectivity index (χ2v) is 7.61. The summed E-state index contributed by atoms with van der Waals surface area (Å²) in [5.74, 6) is -0.143. The Kier molecular flexibility index (Phi) is 4.29. The second-order valence-electron chi connectivity index (χ2n) is 6.69. The summed E-state index contributed by atoms with van der Waals surface area (Å²) < 4.78 is 2.89. The number of nitrogens with two attached hydrogens (primary N) is 1. The van der Waals surface area contributed by atoms with Gasteiger partial charge in [-0.1, -0.05) is 22.0 Å². The third-order valence-corrected chi connectivity index (χ3v) is 4.40. The van der Waals surface area contributed by atoms with E-state index in [0.29, 0.717) is 12.2 Å². The highest BCUT2D eigenvalue weighted by atomic mass is 79.9. The van der Waals surface area contributed by atoms with Gasteiger partial charge in [0, 0.05) is 27.8 Å². The largest absolute Gasteiger partial charge is 0.349 e. The van der Waals surface area contributed by atoms with Crippen LogP contribution in [0.5, 0.6) is 0 Å². The summed E-state index contributed by atoms with van der Waals surface area (Å²) in [5, 5.41) is 7.48. The molecule has 2 aromatic rings. The first-order valence-electron chi connectivity index (χ1n) is 7.79. The van der Waals surface area contributed by atoms with Gasteiger partial charge in [-0.3, -0.25) is 4.79 Å². The molecule has 0 spiro atoms. The number of nitrogens with one attached hydrogen (secondary N) is 1. The minimum Gasteiger partial charge on any atom is -0.349 e. The van der Waals surface area contributed by atoms with Crippen LogP contribution in [0.25, 0.3) is 5.69 Å². The van der Waals surface area contributed by atoms with Crippen molar-refractivity contribution in [2.45, 2.75) is 38.6 Å². The van der Waals surface area contributed by atoms with E-state index in [1.54, 1.807) is 0 Å². The summed E-state index contributed by atoms with van der Waals surface area (Å²) >= 11 is 3.49. The van der Waals surface area contributed by atoms with Gasteiger partial charge in [0.2, 0.25) is 0 Å². The number of amides is 1. The van der Waals surface area contributed by atoms with Gasteiger partial charge in [-0.25, -0.2) is 4.68 Å². The fourth-order valence-corrected chi connectivity index (χ4v) is 3.22. The normalized spacial score (nSPS) is 13.9. The van der Waals surface area contributed by atoms with Crippen molar-refractivity contribution in [3.8, 4) is 5.69 Å². The molecule has 1 aromatic carbocycles. The Morgan fingerprint density at radius 2 is 2.22 bits per heavy atom. The first kappa shape index (κ1) is 16.2. The van der Waals surface area contributed by atoms with Crippen LogP contribution in [-0.2, 0) is 12.8 Å². The van der Waals surface area contributed by atoms with Crippen molar-refractivity contribution in [3.63, 3.8) is 0 Å². The van der Waals surface area contributed by atoms with E-state index in [-0.39, 0.29) is 5.91 Å². The fraction of sp³-hybridized carbons (Fsp3) is 0.412. The van der Waals surface area contributed by atoms with Crippen LogP contribution in [0, 0.1) is 0 Å². The van der Waals surface area contributed by atoms with Crippen LogP contribution in [-0.4, -0.2) is 27.8 Å². The third-order valence-electron chi connectivity index (χ3n) is 3.90. The number of hydrogen-bond acceptors (Lipinski definition) is 3. The van der Waals surface area contributed by atoms with Crippen molar-refractivity contribution < 1.29 is 4.79 Å². The van der Waals surface area contributed by atoms with Gasteiger partial charge in [0.05, 0.1) is 5.69 Å². The predicted octanol–water partition coefficient (Wildman–Crippen LogP) is 2.59. The molecular formula is C17H21BrN4O. The van der Waals surface area contributed by atoms with E-state index in [2.05, 4.69) is 26.3 Å². The molecule has 0 saturated heterocycles. The molecule has 0 bridgehead atoms. The Labute approximate surface area is 144 Å². The molecule has 0 fully saturated rings. The van der Waals surface area contributed by atoms with E-state index >= 15 is 0 Å². The molecule has 1 aliphatic carbocycles. The molecule has 122 valence electrons. The molecule has 0 saturated carbocycles. The lowest BCUT2D eigenvalue weighted by Gasteiger charge is -2.18. The molecule has 1 aromatic heterocycles. The summed E-state index contributed by atoms with van der Waals surface area (Å²) in [6.45, 7) is 4.19. The minimum absolute atomic E-state index is 0.143. The fourth-order valence-electron chi connectivity index (χ4n) is 2.83. The molecular weight excluding hydrogens is 356 g/mol. The molecule has 3 rings (SSSR count). The zero-order valence-corrected chi connectivity index (χ0v) is 15.0. The molecule has 0 atom stereocenters. The highest BCUT2D eigenvalue weighted by Gasteiger charge is 2.27. The van der Waals surface area contributed by atoms with E-state index in [0.717, 1.165) is 40.7 Å². The van der Waals surface area contributed by atoms with E-state index < -0.39 is 5.54 Å². The number of halogens is 1. The van der Waals surface area contributed by atoms with Crippen molar-refractivity contribution >= 4 is 21.8 Å². The van der Waals surface area contributed by atoms with Gasteiger partial charge >= 0.3 is 0 Å². The maximum atomic E-state index is 12.5. The Bertz CT molecular complexity index is 746. The number of carbonyl (C=O) groups excluding carboxylic acids is 1. The lowest BCUT2D eigenvalue weighted by molar-refractivity contribution is 0.0939. The zero-order valence-electron chi connectivity index (χ0n) is 13.4. The topological polar surface area (TPSA) is 72.9 Å². The lowest BCUT2D eigenvalue weighted by atomic mass is 10.1. The van der Waals surface area contributed by atoms with E-state index in [1.807, 2.05) is 42.8 Å². The number of fused-ring (bicyclic) bond motifs is 1. The molecule has 1 aliphatic rings. The molecule has 3 N–H and O–H groups in total. The molecule has 1 amide bonds. The first-order valence-corrected chi connectivity index (χ1v) is 8.58. The van der Waals surface area contributed by atoms with Crippen LogP contribution in [0.2, 0.25) is 0 Å². The van der Waals surface area contributed by atoms with E-state index in [4.69, 9.17) is 5.73 Å². The molecule has 0 unspecified atom stereocenters. The van der Waals surface area contributed by atoms with Gasteiger partial charge in [0.25, 0.3) is 5.91 Å². The van der Waals surface area contributed by atoms with Gasteiger partial charge in [-0.15, -0.1) is 0 Å². The third kappa shape index (κ3) is 3.48. The number of hydrogen-bond donors (Lipinski definition) is 2. The summed E-state index contributed by atoms with van der Waals surface area (Å²) in [4.78, 5) is 12.5. The average molecular weight is 377 g/mol. The Hall–Kier alpha value is -1.66. The van der Waals surface area contributed by atoms with Gasteiger partial charge in [-0.05, 0) is 51.3 Å². The monoisotopic (exact) mass is 376 g/mol. The lowest BCUT2D eigenvalue weighted by Crippen LogP contribution is -2.45. The van der Waals surface area contributed by atoms with Crippen LogP contribution >= 0.6 is 15.9 Å². The van der Waals surface area contributed by atoms with Crippen LogP contribution < -0.4 is 11.1 Å². The number of rotatable bonds is 4. The van der Waals surface area contributed by atoms with Crippen LogP contribution in [0.4, 0.5) is 0 Å². The average Bonchev–Trinajstić information content (AvgIpc) is 3.05. The van der Waals surface area contributed by atoms with Gasteiger partial charge in [0.1, 0.15) is 0 Å². The zero-order chi connectivity index (χ0) is 16.6. The second kappa shape index (κ2) is 6.09. The highest BCUT2D eigenvalue weighted by Crippen LogP contribution is 2.28. The SMILES string of the molecule is CC(C)(N)CNC(=O)c1nn(-c2cccc(Br)c2)c2c1CCC2. The van der Waals surface area contributed by atoms with E-state index in [1.165, 1.54) is 0 Å². The van der Waals surface area contributed by atoms with Gasteiger partial charge in [-0.2, -0.15) is 5.10 Å². The van der Waals surface area contributed by atoms with Gasteiger partial charge in [0.15, 0.2) is 5.69 Å². The van der Waals surface area contributed by atoms with Crippen LogP contribution in [0.3, 0.4) is 0 Å². The van der Waals surface area contributed by atoms with Crippen molar-refractivity contribution in [2.24, 2.45) is 5.73 Å². The summed E-state index contributed by atoms with van der Waals surface area (Å²) in [6.07, 6.45) is 2.91. The molecule has 23 heavy (non-hydrogen) atoms. The minimum atomic E-state index is -0.439. The molecule has 6 heteroatoms. The smallest absolute Gasteiger partial charge is 0.272 e. The molecule has 1 heterocycles. The van der Waals surface area contributed by atoms with Crippen molar-refractivity contribution in [3.05, 3.63) is 45.7 Å². The highest BCUT2D eigenvalue weighted by molar-refractivity contribution is 9.10. The number of carbonyl (C=O) groups is 1. The van der Waals surface area contributed by atoms with Crippen LogP contribution in [0.15, 0.2) is 28.7 Å². The van der Waals surface area contributed by atoms with Gasteiger partial charge < -0.3 is 11.1 Å². The van der Waals surface area contributed by atoms with Crippen molar-refractivity contribution in [2.75, 3.05) is 6.54 Å². The Balaban J connectivity index is 1.94. The first-order chi connectivity index (χ1) is 10.8. The summed E-state index contributed by atoms with van der Waals surface area (Å²) in [7, 11) is 0. The number of nitrogens with zero attached hydrogens (tertiary/aromatic N) is 2. The Morgan fingerprint density at radius 1 is 1.43 bits per heavy atom. The predicted molar refractivity (Wildman–Crippen MR) is 93.9 cm³/mol. The maximum Gasteiger partial charge on any atom is 0.272 e. The summed E-state index contributed by atoms with van der Waals surface area (Å²) in [5.41, 5.74) is 9.21. The maximum absolute atomic E-state index is 12.5. The number of benzene rings is 1. The Morgan fingerprint density at radius 3 is 2.91 bits per heavy atom. The number of aromatic nitrogens is 2. The molecule has 0 aliphatic heterocycles. The molecule has 0 radical (unpaired) electrons. The van der Waals surface area contributed by atoms with E-state index in [9.17, 15) is 4.79 Å². The quantitative estimate of drug-likeness (QED) is 0.860.